The van der Waals surface area contributed by atoms with Crippen LogP contribution in [0.25, 0.3) is 0 Å². The Morgan fingerprint density at radius 2 is 2.20 bits per heavy atom. The molecule has 0 aliphatic heterocycles. The summed E-state index contributed by atoms with van der Waals surface area (Å²) < 4.78 is 23.7. The van der Waals surface area contributed by atoms with Crippen molar-refractivity contribution in [2.45, 2.75) is 39.5 Å². The van der Waals surface area contributed by atoms with Gasteiger partial charge in [-0.3, -0.25) is 4.79 Å². The summed E-state index contributed by atoms with van der Waals surface area (Å²) in [5, 5.41) is 0. The van der Waals surface area contributed by atoms with E-state index in [1.54, 1.807) is 0 Å². The summed E-state index contributed by atoms with van der Waals surface area (Å²) in [6, 6.07) is 0. The van der Waals surface area contributed by atoms with Crippen LogP contribution in [0.5, 0.6) is 0 Å². The molecule has 0 aromatic carbocycles. The molecule has 4 nitrogen and oxygen atoms in total. The third-order valence-corrected chi connectivity index (χ3v) is 2.91. The molecule has 0 spiro atoms. The van der Waals surface area contributed by atoms with E-state index < -0.39 is 11.1 Å². The molecule has 0 aromatic rings. The van der Waals surface area contributed by atoms with Gasteiger partial charge in [-0.25, -0.2) is 4.21 Å². The average molecular weight is 236 g/mol. The molecule has 0 heterocycles. The third-order valence-electron chi connectivity index (χ3n) is 2.27. The molecule has 0 aromatic heterocycles. The smallest absolute Gasteiger partial charge is 0.305 e. The molecule has 0 bridgehead atoms. The van der Waals surface area contributed by atoms with Gasteiger partial charge < -0.3 is 9.29 Å². The Bertz CT molecular complexity index is 206. The van der Waals surface area contributed by atoms with Crippen LogP contribution < -0.4 is 0 Å². The van der Waals surface area contributed by atoms with Crippen molar-refractivity contribution in [3.8, 4) is 0 Å². The monoisotopic (exact) mass is 236 g/mol. The quantitative estimate of drug-likeness (QED) is 0.517. The Morgan fingerprint density at radius 3 is 2.73 bits per heavy atom. The molecule has 2 atom stereocenters. The van der Waals surface area contributed by atoms with E-state index in [0.29, 0.717) is 18.9 Å². The molecule has 5 heteroatoms. The van der Waals surface area contributed by atoms with Crippen molar-refractivity contribution in [3.63, 3.8) is 0 Å². The second-order valence-corrected chi connectivity index (χ2v) is 4.70. The van der Waals surface area contributed by atoms with Gasteiger partial charge in [-0.1, -0.05) is 20.3 Å². The van der Waals surface area contributed by atoms with Crippen molar-refractivity contribution in [2.75, 3.05) is 12.4 Å². The van der Waals surface area contributed by atoms with Gasteiger partial charge >= 0.3 is 5.97 Å². The van der Waals surface area contributed by atoms with Crippen LogP contribution in [0.2, 0.25) is 0 Å². The van der Waals surface area contributed by atoms with Gasteiger partial charge in [0.1, 0.15) is 0 Å². The highest BCUT2D eigenvalue weighted by atomic mass is 32.2. The van der Waals surface area contributed by atoms with Crippen LogP contribution in [-0.2, 0) is 20.6 Å². The summed E-state index contributed by atoms with van der Waals surface area (Å²) in [7, 11) is 0. The minimum absolute atomic E-state index is 0.139. The van der Waals surface area contributed by atoms with Crippen LogP contribution >= 0.6 is 0 Å². The first-order chi connectivity index (χ1) is 7.06. The number of carbonyl (C=O) groups is 1. The minimum atomic E-state index is -1.80. The van der Waals surface area contributed by atoms with Crippen molar-refractivity contribution in [2.24, 2.45) is 5.92 Å². The van der Waals surface area contributed by atoms with Crippen LogP contribution in [0.1, 0.15) is 39.5 Å². The average Bonchev–Trinajstić information content (AvgIpc) is 2.17. The van der Waals surface area contributed by atoms with Crippen molar-refractivity contribution in [1.82, 2.24) is 0 Å². The Kier molecular flexibility index (Phi) is 8.61. The fourth-order valence-electron chi connectivity index (χ4n) is 0.990. The van der Waals surface area contributed by atoms with Crippen molar-refractivity contribution in [1.29, 1.82) is 0 Å². The van der Waals surface area contributed by atoms with E-state index in [-0.39, 0.29) is 18.1 Å². The van der Waals surface area contributed by atoms with Gasteiger partial charge in [0, 0.05) is 12.2 Å². The van der Waals surface area contributed by atoms with E-state index in [1.807, 2.05) is 0 Å². The number of hydrogen-bond donors (Lipinski definition) is 1. The van der Waals surface area contributed by atoms with Gasteiger partial charge in [0.05, 0.1) is 6.61 Å². The molecule has 0 radical (unpaired) electrons. The van der Waals surface area contributed by atoms with Crippen LogP contribution in [0, 0.1) is 5.92 Å². The van der Waals surface area contributed by atoms with Crippen LogP contribution in [0.3, 0.4) is 0 Å². The maximum Gasteiger partial charge on any atom is 0.305 e. The standard InChI is InChI=1S/C10H20O4S/c1-3-9(2)6-7-14-10(11)5-4-8-15(12)13/h9H,3-8H2,1-2H3,(H,12,13). The fraction of sp³-hybridized carbons (Fsp3) is 0.900. The molecule has 1 N–H and O–H groups in total. The van der Waals surface area contributed by atoms with E-state index in [0.717, 1.165) is 12.8 Å². The predicted octanol–water partition coefficient (Wildman–Crippen LogP) is 1.97. The molecule has 0 aliphatic carbocycles. The predicted molar refractivity (Wildman–Crippen MR) is 59.9 cm³/mol. The lowest BCUT2D eigenvalue weighted by Gasteiger charge is -2.08. The zero-order valence-corrected chi connectivity index (χ0v) is 10.2. The molecule has 2 unspecified atom stereocenters. The molecular weight excluding hydrogens is 216 g/mol. The van der Waals surface area contributed by atoms with Gasteiger partial charge in [-0.2, -0.15) is 0 Å². The van der Waals surface area contributed by atoms with Crippen LogP contribution in [0.15, 0.2) is 0 Å². The summed E-state index contributed by atoms with van der Waals surface area (Å²) in [6.45, 7) is 4.67. The molecule has 0 rings (SSSR count). The first-order valence-electron chi connectivity index (χ1n) is 5.29. The van der Waals surface area contributed by atoms with E-state index in [4.69, 9.17) is 9.29 Å². The largest absolute Gasteiger partial charge is 0.466 e. The molecule has 0 aliphatic rings. The Hall–Kier alpha value is -0.420. The lowest BCUT2D eigenvalue weighted by Crippen LogP contribution is -2.09. The van der Waals surface area contributed by atoms with Crippen LogP contribution in [-0.4, -0.2) is 27.1 Å². The van der Waals surface area contributed by atoms with Gasteiger partial charge in [-0.15, -0.1) is 0 Å². The van der Waals surface area contributed by atoms with E-state index >= 15 is 0 Å². The Balaban J connectivity index is 3.37. The molecular formula is C10H20O4S. The first kappa shape index (κ1) is 14.6. The van der Waals surface area contributed by atoms with Crippen molar-refractivity contribution < 1.29 is 18.3 Å². The number of esters is 1. The Morgan fingerprint density at radius 1 is 1.53 bits per heavy atom. The van der Waals surface area contributed by atoms with Gasteiger partial charge in [-0.05, 0) is 18.8 Å². The van der Waals surface area contributed by atoms with Crippen molar-refractivity contribution >= 4 is 17.0 Å². The van der Waals surface area contributed by atoms with Crippen molar-refractivity contribution in [3.05, 3.63) is 0 Å². The molecule has 90 valence electrons. The van der Waals surface area contributed by atoms with E-state index in [2.05, 4.69) is 13.8 Å². The maximum absolute atomic E-state index is 11.1. The minimum Gasteiger partial charge on any atom is -0.466 e. The molecule has 0 amide bonds. The summed E-state index contributed by atoms with van der Waals surface area (Å²) in [6.07, 6.45) is 2.60. The molecule has 0 fully saturated rings. The van der Waals surface area contributed by atoms with E-state index in [9.17, 15) is 9.00 Å². The third kappa shape index (κ3) is 9.87. The second-order valence-electron chi connectivity index (χ2n) is 3.65. The van der Waals surface area contributed by atoms with Gasteiger partial charge in [0.2, 0.25) is 0 Å². The molecule has 15 heavy (non-hydrogen) atoms. The number of rotatable bonds is 8. The maximum atomic E-state index is 11.1. The van der Waals surface area contributed by atoms with E-state index in [1.165, 1.54) is 0 Å². The zero-order valence-electron chi connectivity index (χ0n) is 9.40. The number of ether oxygens (including phenoxy) is 1. The lowest BCUT2D eigenvalue weighted by atomic mass is 10.1. The van der Waals surface area contributed by atoms with Gasteiger partial charge in [0.15, 0.2) is 11.1 Å². The zero-order chi connectivity index (χ0) is 11.7. The highest BCUT2D eigenvalue weighted by Crippen LogP contribution is 2.06. The fourth-order valence-corrected chi connectivity index (χ4v) is 1.38. The Labute approximate surface area is 93.7 Å². The summed E-state index contributed by atoms with van der Waals surface area (Å²) in [4.78, 5) is 11.1. The second kappa shape index (κ2) is 8.85. The number of hydrogen-bond acceptors (Lipinski definition) is 3. The highest BCUT2D eigenvalue weighted by Gasteiger charge is 2.05. The summed E-state index contributed by atoms with van der Waals surface area (Å²) in [5.74, 6) is 0.437. The number of carbonyl (C=O) groups excluding carboxylic acids is 1. The molecule has 0 saturated heterocycles. The first-order valence-corrected chi connectivity index (χ1v) is 6.57. The summed E-state index contributed by atoms with van der Waals surface area (Å²) >= 11 is -1.80. The SMILES string of the molecule is CCC(C)CCOC(=O)CCCS(=O)O. The normalized spacial score (nSPS) is 14.6. The topological polar surface area (TPSA) is 63.6 Å². The highest BCUT2D eigenvalue weighted by molar-refractivity contribution is 7.79. The van der Waals surface area contributed by atoms with Gasteiger partial charge in [0.25, 0.3) is 0 Å². The van der Waals surface area contributed by atoms with Crippen LogP contribution in [0.4, 0.5) is 0 Å². The summed E-state index contributed by atoms with van der Waals surface area (Å²) in [5.41, 5.74) is 0. The molecule has 0 saturated carbocycles. The lowest BCUT2D eigenvalue weighted by molar-refractivity contribution is -0.144.